The van der Waals surface area contributed by atoms with Crippen LogP contribution in [0.5, 0.6) is 5.75 Å². The molecule has 0 bridgehead atoms. The second-order valence-electron chi connectivity index (χ2n) is 9.00. The van der Waals surface area contributed by atoms with Gasteiger partial charge in [0.2, 0.25) is 0 Å². The highest BCUT2D eigenvalue weighted by Crippen LogP contribution is 2.21. The second kappa shape index (κ2) is 16.9. The fourth-order valence-electron chi connectivity index (χ4n) is 4.03. The molecule has 0 aliphatic carbocycles. The molecule has 4 nitrogen and oxygen atoms in total. The lowest BCUT2D eigenvalue weighted by molar-refractivity contribution is 0.0497. The maximum Gasteiger partial charge on any atom is 0.343 e. The molecule has 0 spiro atoms. The molecule has 4 heteroatoms. The molecule has 0 fully saturated rings. The van der Waals surface area contributed by atoms with Gasteiger partial charge in [0.05, 0.1) is 17.7 Å². The third-order valence-corrected chi connectivity index (χ3v) is 6.01. The highest BCUT2D eigenvalue weighted by atomic mass is 16.5. The first-order chi connectivity index (χ1) is 16.7. The summed E-state index contributed by atoms with van der Waals surface area (Å²) >= 11 is 0. The highest BCUT2D eigenvalue weighted by molar-refractivity contribution is 5.96. The number of benzene rings is 2. The average Bonchev–Trinajstić information content (AvgIpc) is 2.86. The summed E-state index contributed by atoms with van der Waals surface area (Å²) in [5.41, 5.74) is 1.72. The number of hydrogen-bond donors (Lipinski definition) is 0. The predicted molar refractivity (Wildman–Crippen MR) is 139 cm³/mol. The molecule has 2 aromatic carbocycles. The van der Waals surface area contributed by atoms with Crippen LogP contribution in [0.3, 0.4) is 0 Å². The van der Waals surface area contributed by atoms with Gasteiger partial charge in [0.25, 0.3) is 0 Å². The molecular weight excluding hydrogens is 424 g/mol. The molecule has 0 saturated carbocycles. The Bertz CT molecular complexity index is 858. The van der Waals surface area contributed by atoms with Crippen LogP contribution in [0.1, 0.15) is 117 Å². The number of hydrogen-bond acceptors (Lipinski definition) is 4. The van der Waals surface area contributed by atoms with Gasteiger partial charge >= 0.3 is 11.9 Å². The minimum absolute atomic E-state index is 0.343. The molecule has 0 aliphatic rings. The average molecular weight is 467 g/mol. The van der Waals surface area contributed by atoms with Gasteiger partial charge in [0.1, 0.15) is 5.75 Å². The topological polar surface area (TPSA) is 52.6 Å². The van der Waals surface area contributed by atoms with Crippen molar-refractivity contribution < 1.29 is 19.1 Å². The maximum absolute atomic E-state index is 12.6. The first-order valence-corrected chi connectivity index (χ1v) is 13.2. The number of aryl methyl sites for hydroxylation is 1. The fourth-order valence-corrected chi connectivity index (χ4v) is 4.03. The molecule has 0 radical (unpaired) electrons. The van der Waals surface area contributed by atoms with Gasteiger partial charge in [-0.1, -0.05) is 109 Å². The van der Waals surface area contributed by atoms with Gasteiger partial charge in [0, 0.05) is 0 Å². The highest BCUT2D eigenvalue weighted by Gasteiger charge is 2.14. The first kappa shape index (κ1) is 27.6. The Kier molecular flexibility index (Phi) is 13.7. The summed E-state index contributed by atoms with van der Waals surface area (Å²) in [6.45, 7) is 4.75. The normalized spacial score (nSPS) is 10.8. The van der Waals surface area contributed by atoms with E-state index in [1.807, 2.05) is 18.2 Å². The van der Waals surface area contributed by atoms with E-state index in [4.69, 9.17) is 9.47 Å². The summed E-state index contributed by atoms with van der Waals surface area (Å²) in [6.07, 6.45) is 15.6. The smallest absolute Gasteiger partial charge is 0.343 e. The number of para-hydroxylation sites is 1. The molecule has 186 valence electrons. The molecule has 0 unspecified atom stereocenters. The van der Waals surface area contributed by atoms with Crippen LogP contribution in [0, 0.1) is 0 Å². The molecule has 0 aliphatic heterocycles. The van der Waals surface area contributed by atoms with Crippen molar-refractivity contribution in [1.82, 2.24) is 0 Å². The van der Waals surface area contributed by atoms with Crippen molar-refractivity contribution in [2.75, 3.05) is 6.61 Å². The molecule has 0 aromatic heterocycles. The Balaban J connectivity index is 1.68. The quantitative estimate of drug-likeness (QED) is 0.134. The zero-order chi connectivity index (χ0) is 24.4. The van der Waals surface area contributed by atoms with Crippen molar-refractivity contribution in [2.45, 2.75) is 97.3 Å². The lowest BCUT2D eigenvalue weighted by atomic mass is 10.1. The number of unbranched alkanes of at least 4 members (excludes halogenated alkanes) is 10. The maximum atomic E-state index is 12.6. The van der Waals surface area contributed by atoms with Crippen molar-refractivity contribution in [3.63, 3.8) is 0 Å². The van der Waals surface area contributed by atoms with Crippen LogP contribution >= 0.6 is 0 Å². The van der Waals surface area contributed by atoms with E-state index >= 15 is 0 Å². The van der Waals surface area contributed by atoms with E-state index in [1.54, 1.807) is 30.3 Å². The second-order valence-corrected chi connectivity index (χ2v) is 9.00. The summed E-state index contributed by atoms with van der Waals surface area (Å²) in [6, 6.07) is 14.1. The van der Waals surface area contributed by atoms with Gasteiger partial charge in [0.15, 0.2) is 0 Å². The van der Waals surface area contributed by atoms with Gasteiger partial charge in [-0.3, -0.25) is 0 Å². The van der Waals surface area contributed by atoms with E-state index in [2.05, 4.69) is 13.8 Å². The van der Waals surface area contributed by atoms with Gasteiger partial charge in [-0.25, -0.2) is 9.59 Å². The number of carbonyl (C=O) groups is 2. The Morgan fingerprint density at radius 1 is 0.647 bits per heavy atom. The number of ether oxygens (including phenoxy) is 2. The molecule has 2 rings (SSSR count). The first-order valence-electron chi connectivity index (χ1n) is 13.2. The van der Waals surface area contributed by atoms with Crippen molar-refractivity contribution in [3.05, 3.63) is 65.2 Å². The van der Waals surface area contributed by atoms with E-state index in [9.17, 15) is 9.59 Å². The number of esters is 2. The number of carbonyl (C=O) groups excluding carboxylic acids is 2. The Morgan fingerprint density at radius 2 is 1.24 bits per heavy atom. The van der Waals surface area contributed by atoms with Gasteiger partial charge in [-0.05, 0) is 42.7 Å². The zero-order valence-electron chi connectivity index (χ0n) is 21.2. The van der Waals surface area contributed by atoms with Crippen molar-refractivity contribution in [3.8, 4) is 5.75 Å². The molecule has 0 amide bonds. The molecule has 0 atom stereocenters. The molecule has 34 heavy (non-hydrogen) atoms. The lowest BCUT2D eigenvalue weighted by Crippen LogP contribution is -2.12. The Morgan fingerprint density at radius 3 is 1.88 bits per heavy atom. The molecule has 0 N–H and O–H groups in total. The Hall–Kier alpha value is -2.62. The van der Waals surface area contributed by atoms with Gasteiger partial charge in [-0.2, -0.15) is 0 Å². The third-order valence-electron chi connectivity index (χ3n) is 6.01. The largest absolute Gasteiger partial charge is 0.462 e. The van der Waals surface area contributed by atoms with Crippen LogP contribution in [-0.4, -0.2) is 18.5 Å². The third kappa shape index (κ3) is 10.5. The summed E-state index contributed by atoms with van der Waals surface area (Å²) in [4.78, 5) is 25.1. The van der Waals surface area contributed by atoms with Crippen molar-refractivity contribution in [1.29, 1.82) is 0 Å². The van der Waals surface area contributed by atoms with E-state index in [1.165, 1.54) is 57.8 Å². The molecular formula is C30H42O4. The van der Waals surface area contributed by atoms with Crippen LogP contribution in [0.25, 0.3) is 0 Å². The van der Waals surface area contributed by atoms with Crippen molar-refractivity contribution in [2.24, 2.45) is 0 Å². The zero-order valence-corrected chi connectivity index (χ0v) is 21.2. The molecule has 0 saturated heterocycles. The standard InChI is InChI=1S/C30H42O4/c1-3-5-6-7-8-9-10-11-12-13-16-23-33-29(31)26-20-17-21-27(24-26)30(32)34-28-22-15-14-19-25(28)18-4-2/h14-15,17,19-22,24H,3-13,16,18,23H2,1-2H3. The summed E-state index contributed by atoms with van der Waals surface area (Å²) in [5, 5.41) is 0. The Labute approximate surface area is 206 Å². The number of rotatable bonds is 17. The van der Waals surface area contributed by atoms with Crippen LogP contribution in [0.15, 0.2) is 48.5 Å². The van der Waals surface area contributed by atoms with E-state index in [0.717, 1.165) is 31.2 Å². The summed E-state index contributed by atoms with van der Waals surface area (Å²) in [5.74, 6) is -0.296. The predicted octanol–water partition coefficient (Wildman–Crippen LogP) is 8.33. The minimum Gasteiger partial charge on any atom is -0.462 e. The van der Waals surface area contributed by atoms with E-state index in [-0.39, 0.29) is 0 Å². The van der Waals surface area contributed by atoms with E-state index in [0.29, 0.717) is 23.5 Å². The van der Waals surface area contributed by atoms with Crippen LogP contribution in [-0.2, 0) is 11.2 Å². The minimum atomic E-state index is -0.469. The van der Waals surface area contributed by atoms with Crippen LogP contribution in [0.2, 0.25) is 0 Å². The fraction of sp³-hybridized carbons (Fsp3) is 0.533. The van der Waals surface area contributed by atoms with Gasteiger partial charge in [-0.15, -0.1) is 0 Å². The van der Waals surface area contributed by atoms with Crippen LogP contribution < -0.4 is 4.74 Å². The van der Waals surface area contributed by atoms with Crippen molar-refractivity contribution >= 4 is 11.9 Å². The SMILES string of the molecule is CCCCCCCCCCCCCOC(=O)c1cccc(C(=O)Oc2ccccc2CCC)c1. The van der Waals surface area contributed by atoms with E-state index < -0.39 is 11.9 Å². The monoisotopic (exact) mass is 466 g/mol. The summed E-state index contributed by atoms with van der Waals surface area (Å²) in [7, 11) is 0. The molecule has 0 heterocycles. The lowest BCUT2D eigenvalue weighted by Gasteiger charge is -2.10. The molecule has 2 aromatic rings. The van der Waals surface area contributed by atoms with Gasteiger partial charge < -0.3 is 9.47 Å². The van der Waals surface area contributed by atoms with Crippen LogP contribution in [0.4, 0.5) is 0 Å². The summed E-state index contributed by atoms with van der Waals surface area (Å²) < 4.78 is 11.0.